The molecule has 7 heteroatoms. The van der Waals surface area contributed by atoms with Crippen LogP contribution in [0.3, 0.4) is 0 Å². The zero-order valence-electron chi connectivity index (χ0n) is 20.8. The zero-order chi connectivity index (χ0) is 24.0. The van der Waals surface area contributed by atoms with Crippen molar-refractivity contribution in [1.29, 1.82) is 0 Å². The molecule has 190 valence electrons. The molecule has 3 N–H and O–H groups in total. The van der Waals surface area contributed by atoms with Gasteiger partial charge in [-0.1, -0.05) is 20.8 Å². The third-order valence-corrected chi connectivity index (χ3v) is 11.6. The number of fused-ring (bicyclic) bond motifs is 5. The summed E-state index contributed by atoms with van der Waals surface area (Å²) in [6, 6.07) is 0. The normalized spacial score (nSPS) is 43.8. The molecule has 0 spiro atoms. The fourth-order valence-electron chi connectivity index (χ4n) is 9.18. The molecular formula is C26H45NO5S. The summed E-state index contributed by atoms with van der Waals surface area (Å²) in [5.41, 5.74) is 0.771. The summed E-state index contributed by atoms with van der Waals surface area (Å²) in [6.07, 6.45) is 12.1. The molecule has 33 heavy (non-hydrogen) atoms. The van der Waals surface area contributed by atoms with Crippen molar-refractivity contribution in [2.75, 3.05) is 12.3 Å². The molecule has 4 rings (SSSR count). The van der Waals surface area contributed by atoms with E-state index in [0.717, 1.165) is 37.0 Å². The Kier molecular flexibility index (Phi) is 7.26. The Morgan fingerprint density at radius 2 is 1.73 bits per heavy atom. The van der Waals surface area contributed by atoms with Gasteiger partial charge in [0.25, 0.3) is 10.1 Å². The van der Waals surface area contributed by atoms with Crippen LogP contribution in [-0.4, -0.2) is 42.4 Å². The molecule has 0 unspecified atom stereocenters. The van der Waals surface area contributed by atoms with Gasteiger partial charge in [0.15, 0.2) is 0 Å². The Morgan fingerprint density at radius 1 is 1.03 bits per heavy atom. The monoisotopic (exact) mass is 483 g/mol. The summed E-state index contributed by atoms with van der Waals surface area (Å²) in [5, 5.41) is 12.9. The van der Waals surface area contributed by atoms with Gasteiger partial charge in [0.1, 0.15) is 0 Å². The van der Waals surface area contributed by atoms with Crippen molar-refractivity contribution in [2.45, 2.75) is 97.5 Å². The highest BCUT2D eigenvalue weighted by Crippen LogP contribution is 2.68. The Hall–Kier alpha value is -0.660. The van der Waals surface area contributed by atoms with Crippen LogP contribution in [0, 0.1) is 46.3 Å². The molecular weight excluding hydrogens is 438 g/mol. The largest absolute Gasteiger partial charge is 0.393 e. The summed E-state index contributed by atoms with van der Waals surface area (Å²) >= 11 is 0. The lowest BCUT2D eigenvalue weighted by Gasteiger charge is -2.61. The first kappa shape index (κ1) is 25.4. The Bertz CT molecular complexity index is 831. The number of hydrogen-bond acceptors (Lipinski definition) is 4. The number of carbonyl (C=O) groups excluding carboxylic acids is 1. The van der Waals surface area contributed by atoms with E-state index in [0.29, 0.717) is 35.0 Å². The summed E-state index contributed by atoms with van der Waals surface area (Å²) < 4.78 is 30.5. The average Bonchev–Trinajstić information content (AvgIpc) is 3.09. The van der Waals surface area contributed by atoms with E-state index < -0.39 is 15.9 Å². The minimum absolute atomic E-state index is 0.0326. The Morgan fingerprint density at radius 3 is 2.45 bits per heavy atom. The third kappa shape index (κ3) is 5.02. The number of aliphatic hydroxyl groups is 1. The van der Waals surface area contributed by atoms with Gasteiger partial charge < -0.3 is 10.4 Å². The summed E-state index contributed by atoms with van der Waals surface area (Å²) in [6.45, 7) is 7.34. The van der Waals surface area contributed by atoms with Crippen LogP contribution >= 0.6 is 0 Å². The molecule has 0 aliphatic heterocycles. The molecule has 4 fully saturated rings. The second-order valence-corrected chi connectivity index (χ2v) is 14.0. The van der Waals surface area contributed by atoms with Crippen molar-refractivity contribution >= 4 is 16.0 Å². The van der Waals surface area contributed by atoms with Crippen molar-refractivity contribution in [1.82, 2.24) is 5.32 Å². The van der Waals surface area contributed by atoms with Crippen molar-refractivity contribution in [3.05, 3.63) is 0 Å². The van der Waals surface area contributed by atoms with E-state index >= 15 is 0 Å². The van der Waals surface area contributed by atoms with E-state index in [1.807, 2.05) is 0 Å². The molecule has 0 bridgehead atoms. The summed E-state index contributed by atoms with van der Waals surface area (Å²) in [7, 11) is -4.04. The summed E-state index contributed by atoms with van der Waals surface area (Å²) in [4.78, 5) is 12.2. The standard InChI is InChI=1S/C26H45NO5S/c1-17(4-9-24(29)27-14-15-33(30,31)32)21-7-8-22-20-6-5-18-16-19(28)10-12-25(18,2)23(20)11-13-26(21,22)3/h17-23,28H,4-16H2,1-3H3,(H,27,29)(H,30,31,32)/t17-,18-,19+,20-,21+,22-,23-,25-,26+/m0/s1. The number of nitrogens with one attached hydrogen (secondary N) is 1. The lowest BCUT2D eigenvalue weighted by atomic mass is 9.44. The SMILES string of the molecule is C[C@@H](CCC(=O)NCCS(=O)(=O)O)[C@H]1CC[C@H]2[C@@H]3CC[C@H]4C[C@H](O)CC[C@]4(C)[C@H]3CC[C@]12C. The minimum Gasteiger partial charge on any atom is -0.393 e. The van der Waals surface area contributed by atoms with Crippen LogP contribution in [0.4, 0.5) is 0 Å². The van der Waals surface area contributed by atoms with Crippen LogP contribution in [-0.2, 0) is 14.9 Å². The highest BCUT2D eigenvalue weighted by molar-refractivity contribution is 7.85. The maximum absolute atomic E-state index is 12.2. The van der Waals surface area contributed by atoms with Crippen molar-refractivity contribution in [3.63, 3.8) is 0 Å². The number of rotatable bonds is 7. The van der Waals surface area contributed by atoms with Gasteiger partial charge in [0.2, 0.25) is 5.91 Å². The predicted molar refractivity (Wildman–Crippen MR) is 129 cm³/mol. The van der Waals surface area contributed by atoms with Gasteiger partial charge in [-0.05, 0) is 111 Å². The highest BCUT2D eigenvalue weighted by Gasteiger charge is 2.60. The van der Waals surface area contributed by atoms with Crippen LogP contribution in [0.5, 0.6) is 0 Å². The van der Waals surface area contributed by atoms with Gasteiger partial charge in [-0.25, -0.2) is 0 Å². The van der Waals surface area contributed by atoms with Gasteiger partial charge in [0, 0.05) is 13.0 Å². The molecule has 0 radical (unpaired) electrons. The van der Waals surface area contributed by atoms with Crippen molar-refractivity contribution < 1.29 is 22.9 Å². The van der Waals surface area contributed by atoms with Crippen LogP contribution in [0.15, 0.2) is 0 Å². The summed E-state index contributed by atoms with van der Waals surface area (Å²) in [5.74, 6) is 3.68. The molecule has 0 aromatic carbocycles. The van der Waals surface area contributed by atoms with Gasteiger partial charge in [-0.3, -0.25) is 9.35 Å². The van der Waals surface area contributed by atoms with E-state index in [2.05, 4.69) is 26.1 Å². The second kappa shape index (κ2) is 9.42. The molecule has 0 saturated heterocycles. The third-order valence-electron chi connectivity index (χ3n) is 10.9. The van der Waals surface area contributed by atoms with Gasteiger partial charge >= 0.3 is 0 Å². The first-order valence-electron chi connectivity index (χ1n) is 13.3. The van der Waals surface area contributed by atoms with Crippen molar-refractivity contribution in [2.24, 2.45) is 46.3 Å². The van der Waals surface area contributed by atoms with E-state index in [9.17, 15) is 18.3 Å². The number of aliphatic hydroxyl groups excluding tert-OH is 1. The van der Waals surface area contributed by atoms with Crippen molar-refractivity contribution in [3.8, 4) is 0 Å². The maximum atomic E-state index is 12.2. The topological polar surface area (TPSA) is 104 Å². The molecule has 1 amide bonds. The zero-order valence-corrected chi connectivity index (χ0v) is 21.6. The molecule has 0 aromatic rings. The fourth-order valence-corrected chi connectivity index (χ4v) is 9.54. The predicted octanol–water partition coefficient (Wildman–Crippen LogP) is 4.43. The number of amides is 1. The van der Waals surface area contributed by atoms with E-state index in [1.165, 1.54) is 44.9 Å². The lowest BCUT2D eigenvalue weighted by molar-refractivity contribution is -0.129. The highest BCUT2D eigenvalue weighted by atomic mass is 32.2. The van der Waals surface area contributed by atoms with E-state index in [1.54, 1.807) is 0 Å². The number of carbonyl (C=O) groups is 1. The fraction of sp³-hybridized carbons (Fsp3) is 0.962. The van der Waals surface area contributed by atoms with Crippen LogP contribution in [0.25, 0.3) is 0 Å². The Labute approximate surface area is 200 Å². The Balaban J connectivity index is 1.35. The minimum atomic E-state index is -4.04. The smallest absolute Gasteiger partial charge is 0.266 e. The maximum Gasteiger partial charge on any atom is 0.266 e. The van der Waals surface area contributed by atoms with Gasteiger partial charge in [-0.2, -0.15) is 8.42 Å². The molecule has 4 aliphatic carbocycles. The molecule has 0 aromatic heterocycles. The molecule has 4 aliphatic rings. The number of hydrogen-bond donors (Lipinski definition) is 3. The van der Waals surface area contributed by atoms with Gasteiger partial charge in [-0.15, -0.1) is 0 Å². The van der Waals surface area contributed by atoms with E-state index in [4.69, 9.17) is 4.55 Å². The molecule has 4 saturated carbocycles. The van der Waals surface area contributed by atoms with Gasteiger partial charge in [0.05, 0.1) is 11.9 Å². The molecule has 6 nitrogen and oxygen atoms in total. The second-order valence-electron chi connectivity index (χ2n) is 12.5. The first-order chi connectivity index (χ1) is 15.4. The molecule has 0 heterocycles. The first-order valence-corrected chi connectivity index (χ1v) is 14.9. The van der Waals surface area contributed by atoms with Crippen LogP contribution < -0.4 is 5.32 Å². The van der Waals surface area contributed by atoms with Crippen LogP contribution in [0.1, 0.15) is 91.4 Å². The average molecular weight is 484 g/mol. The quantitative estimate of drug-likeness (QED) is 0.465. The van der Waals surface area contributed by atoms with Crippen LogP contribution in [0.2, 0.25) is 0 Å². The van der Waals surface area contributed by atoms with E-state index in [-0.39, 0.29) is 18.6 Å². The molecule has 9 atom stereocenters. The lowest BCUT2D eigenvalue weighted by Crippen LogP contribution is -2.54.